The second-order valence-electron chi connectivity index (χ2n) is 4.75. The highest BCUT2D eigenvalue weighted by molar-refractivity contribution is 7.07. The Hall–Kier alpha value is -1.52. The first-order valence-electron chi connectivity index (χ1n) is 7.03. The molecule has 21 heavy (non-hydrogen) atoms. The van der Waals surface area contributed by atoms with Crippen LogP contribution in [0.3, 0.4) is 0 Å². The van der Waals surface area contributed by atoms with Crippen LogP contribution in [0.4, 0.5) is 5.69 Å². The van der Waals surface area contributed by atoms with Gasteiger partial charge in [0.05, 0.1) is 5.56 Å². The third-order valence-electron chi connectivity index (χ3n) is 3.07. The van der Waals surface area contributed by atoms with Gasteiger partial charge in [0.15, 0.2) is 0 Å². The lowest BCUT2D eigenvalue weighted by Gasteiger charge is -2.12. The summed E-state index contributed by atoms with van der Waals surface area (Å²) in [6.45, 7) is 3.54. The zero-order valence-electron chi connectivity index (χ0n) is 12.0. The van der Waals surface area contributed by atoms with E-state index in [1.807, 2.05) is 11.4 Å². The Morgan fingerprint density at radius 3 is 2.86 bits per heavy atom. The number of amides is 1. The van der Waals surface area contributed by atoms with Crippen LogP contribution in [0.5, 0.6) is 0 Å². The quantitative estimate of drug-likeness (QED) is 0.802. The first-order valence-corrected chi connectivity index (χ1v) is 8.35. The number of halogens is 1. The van der Waals surface area contributed by atoms with Gasteiger partial charge in [-0.05, 0) is 53.4 Å². The molecule has 0 radical (unpaired) electrons. The largest absolute Gasteiger partial charge is 0.384 e. The first kappa shape index (κ1) is 15.9. The summed E-state index contributed by atoms with van der Waals surface area (Å²) in [5, 5.41) is 10.9. The van der Waals surface area contributed by atoms with Crippen molar-refractivity contribution in [3.63, 3.8) is 0 Å². The van der Waals surface area contributed by atoms with E-state index in [4.69, 9.17) is 11.6 Å². The molecule has 0 aliphatic carbocycles. The summed E-state index contributed by atoms with van der Waals surface area (Å²) in [6.07, 6.45) is 1.84. The smallest absolute Gasteiger partial charge is 0.253 e. The van der Waals surface area contributed by atoms with Gasteiger partial charge in [-0.15, -0.1) is 0 Å². The molecule has 5 heteroatoms. The molecule has 0 fully saturated rings. The van der Waals surface area contributed by atoms with Crippen molar-refractivity contribution in [1.82, 2.24) is 5.32 Å². The highest BCUT2D eigenvalue weighted by Crippen LogP contribution is 2.20. The van der Waals surface area contributed by atoms with Gasteiger partial charge in [0.1, 0.15) is 0 Å². The second kappa shape index (κ2) is 8.05. The molecule has 2 rings (SSSR count). The average Bonchev–Trinajstić information content (AvgIpc) is 2.99. The van der Waals surface area contributed by atoms with Crippen molar-refractivity contribution in [2.45, 2.75) is 19.8 Å². The molecular formula is C16H19ClN2OS. The fourth-order valence-electron chi connectivity index (χ4n) is 1.97. The van der Waals surface area contributed by atoms with E-state index in [9.17, 15) is 4.79 Å². The highest BCUT2D eigenvalue weighted by atomic mass is 35.5. The molecule has 0 bridgehead atoms. The fourth-order valence-corrected chi connectivity index (χ4v) is 2.84. The van der Waals surface area contributed by atoms with Crippen LogP contribution in [0.1, 0.15) is 29.3 Å². The third-order valence-corrected chi connectivity index (χ3v) is 4.04. The van der Waals surface area contributed by atoms with Crippen LogP contribution >= 0.6 is 22.9 Å². The van der Waals surface area contributed by atoms with E-state index in [0.717, 1.165) is 25.1 Å². The summed E-state index contributed by atoms with van der Waals surface area (Å²) in [6, 6.07) is 7.43. The van der Waals surface area contributed by atoms with Gasteiger partial charge >= 0.3 is 0 Å². The van der Waals surface area contributed by atoms with Gasteiger partial charge in [-0.2, -0.15) is 11.3 Å². The van der Waals surface area contributed by atoms with Crippen LogP contribution in [0.2, 0.25) is 5.02 Å². The molecule has 2 N–H and O–H groups in total. The molecule has 0 unspecified atom stereocenters. The van der Waals surface area contributed by atoms with Crippen molar-refractivity contribution in [2.24, 2.45) is 0 Å². The van der Waals surface area contributed by atoms with Crippen molar-refractivity contribution < 1.29 is 4.79 Å². The van der Waals surface area contributed by atoms with Crippen molar-refractivity contribution in [2.75, 3.05) is 18.4 Å². The molecule has 0 aliphatic rings. The minimum atomic E-state index is -0.0914. The van der Waals surface area contributed by atoms with E-state index in [-0.39, 0.29) is 5.91 Å². The summed E-state index contributed by atoms with van der Waals surface area (Å²) in [7, 11) is 0. The minimum Gasteiger partial charge on any atom is -0.384 e. The van der Waals surface area contributed by atoms with Gasteiger partial charge in [0.25, 0.3) is 5.91 Å². The van der Waals surface area contributed by atoms with Crippen molar-refractivity contribution in [3.05, 3.63) is 51.2 Å². The van der Waals surface area contributed by atoms with E-state index in [1.54, 1.807) is 23.5 Å². The van der Waals surface area contributed by atoms with Crippen molar-refractivity contribution in [1.29, 1.82) is 0 Å². The number of thiophene rings is 1. The average molecular weight is 323 g/mol. The van der Waals surface area contributed by atoms with E-state index in [1.165, 1.54) is 5.56 Å². The van der Waals surface area contributed by atoms with E-state index >= 15 is 0 Å². The molecule has 1 aromatic carbocycles. The Balaban J connectivity index is 1.98. The lowest BCUT2D eigenvalue weighted by Crippen LogP contribution is -2.26. The number of carbonyl (C=O) groups excluding carboxylic acids is 1. The topological polar surface area (TPSA) is 41.1 Å². The number of hydrogen-bond acceptors (Lipinski definition) is 3. The number of carbonyl (C=O) groups is 1. The number of hydrogen-bond donors (Lipinski definition) is 2. The van der Waals surface area contributed by atoms with Gasteiger partial charge in [0.2, 0.25) is 0 Å². The summed E-state index contributed by atoms with van der Waals surface area (Å²) >= 11 is 7.67. The molecule has 3 nitrogen and oxygen atoms in total. The molecule has 0 spiro atoms. The van der Waals surface area contributed by atoms with Gasteiger partial charge in [-0.3, -0.25) is 4.79 Å². The highest BCUT2D eigenvalue weighted by Gasteiger charge is 2.11. The van der Waals surface area contributed by atoms with Gasteiger partial charge in [-0.1, -0.05) is 18.5 Å². The number of benzene rings is 1. The zero-order valence-corrected chi connectivity index (χ0v) is 13.6. The lowest BCUT2D eigenvalue weighted by molar-refractivity contribution is 0.0955. The minimum absolute atomic E-state index is 0.0914. The maximum Gasteiger partial charge on any atom is 0.253 e. The molecular weight excluding hydrogens is 304 g/mol. The van der Waals surface area contributed by atoms with Crippen LogP contribution in [0, 0.1) is 0 Å². The summed E-state index contributed by atoms with van der Waals surface area (Å²) in [5.74, 6) is -0.0914. The summed E-state index contributed by atoms with van der Waals surface area (Å²) < 4.78 is 0. The Morgan fingerprint density at radius 2 is 2.14 bits per heavy atom. The molecule has 1 aromatic heterocycles. The van der Waals surface area contributed by atoms with Crippen molar-refractivity contribution in [3.8, 4) is 0 Å². The Kier molecular flexibility index (Phi) is 6.08. The molecule has 2 aromatic rings. The van der Waals surface area contributed by atoms with Gasteiger partial charge in [0, 0.05) is 23.8 Å². The predicted molar refractivity (Wildman–Crippen MR) is 90.6 cm³/mol. The van der Waals surface area contributed by atoms with E-state index in [0.29, 0.717) is 17.1 Å². The Bertz CT molecular complexity index is 584. The Morgan fingerprint density at radius 1 is 1.29 bits per heavy atom. The molecule has 0 aliphatic heterocycles. The lowest BCUT2D eigenvalue weighted by atomic mass is 10.1. The van der Waals surface area contributed by atoms with Crippen LogP contribution < -0.4 is 10.6 Å². The maximum atomic E-state index is 12.3. The first-order chi connectivity index (χ1) is 10.2. The normalized spacial score (nSPS) is 10.4. The standard InChI is InChI=1S/C16H19ClN2OS/c1-2-7-18-15-4-3-13(17)10-14(15)16(20)19-8-5-12-6-9-21-11-12/h3-4,6,9-11,18H,2,5,7-8H2,1H3,(H,19,20). The van der Waals surface area contributed by atoms with Crippen LogP contribution in [-0.2, 0) is 6.42 Å². The zero-order chi connectivity index (χ0) is 15.1. The van der Waals surface area contributed by atoms with E-state index < -0.39 is 0 Å². The van der Waals surface area contributed by atoms with Gasteiger partial charge in [-0.25, -0.2) is 0 Å². The molecule has 0 atom stereocenters. The molecule has 0 saturated carbocycles. The second-order valence-corrected chi connectivity index (χ2v) is 5.97. The Labute approximate surface area is 134 Å². The fraction of sp³-hybridized carbons (Fsp3) is 0.312. The van der Waals surface area contributed by atoms with Crippen LogP contribution in [0.25, 0.3) is 0 Å². The molecule has 112 valence electrons. The summed E-state index contributed by atoms with van der Waals surface area (Å²) in [5.41, 5.74) is 2.67. The predicted octanol–water partition coefficient (Wildman–Crippen LogP) is 4.20. The van der Waals surface area contributed by atoms with Crippen molar-refractivity contribution >= 4 is 34.5 Å². The van der Waals surface area contributed by atoms with Crippen LogP contribution in [-0.4, -0.2) is 19.0 Å². The van der Waals surface area contributed by atoms with Crippen LogP contribution in [0.15, 0.2) is 35.0 Å². The van der Waals surface area contributed by atoms with E-state index in [2.05, 4.69) is 29.0 Å². The third kappa shape index (κ3) is 4.76. The SMILES string of the molecule is CCCNc1ccc(Cl)cc1C(=O)NCCc1ccsc1. The monoisotopic (exact) mass is 322 g/mol. The number of rotatable bonds is 7. The molecule has 0 saturated heterocycles. The number of anilines is 1. The molecule has 1 amide bonds. The summed E-state index contributed by atoms with van der Waals surface area (Å²) in [4.78, 5) is 12.3. The maximum absolute atomic E-state index is 12.3. The van der Waals surface area contributed by atoms with Gasteiger partial charge < -0.3 is 10.6 Å². The molecule has 1 heterocycles. The number of nitrogens with one attached hydrogen (secondary N) is 2.